The van der Waals surface area contributed by atoms with Gasteiger partial charge < -0.3 is 21.4 Å². The van der Waals surface area contributed by atoms with Gasteiger partial charge in [0.15, 0.2) is 0 Å². The Morgan fingerprint density at radius 2 is 2.13 bits per heavy atom. The molecule has 2 aromatic heterocycles. The number of hydrogen-bond acceptors (Lipinski definition) is 4. The number of allylic oxidation sites excluding steroid dienone is 2. The van der Waals surface area contributed by atoms with Gasteiger partial charge in [0.25, 0.3) is 0 Å². The van der Waals surface area contributed by atoms with Crippen molar-refractivity contribution < 1.29 is 18.0 Å². The van der Waals surface area contributed by atoms with Gasteiger partial charge in [0.05, 0.1) is 16.6 Å². The van der Waals surface area contributed by atoms with Crippen LogP contribution in [-0.2, 0) is 4.79 Å². The Bertz CT molecular complexity index is 999. The molecule has 0 aromatic carbocycles. The summed E-state index contributed by atoms with van der Waals surface area (Å²) in [5, 5.41) is 6.64. The van der Waals surface area contributed by atoms with Gasteiger partial charge in [-0.2, -0.15) is 13.2 Å². The van der Waals surface area contributed by atoms with Crippen LogP contribution in [0.2, 0.25) is 5.02 Å². The van der Waals surface area contributed by atoms with E-state index in [1.165, 1.54) is 6.20 Å². The van der Waals surface area contributed by atoms with E-state index in [4.69, 9.17) is 17.3 Å². The maximum absolute atomic E-state index is 12.5. The molecule has 2 aromatic rings. The van der Waals surface area contributed by atoms with Crippen molar-refractivity contribution in [2.45, 2.75) is 44.8 Å². The van der Waals surface area contributed by atoms with Gasteiger partial charge >= 0.3 is 6.18 Å². The van der Waals surface area contributed by atoms with Crippen LogP contribution in [0, 0.1) is 5.92 Å². The minimum atomic E-state index is -4.44. The molecule has 1 fully saturated rings. The lowest BCUT2D eigenvalue weighted by Crippen LogP contribution is -2.47. The van der Waals surface area contributed by atoms with Gasteiger partial charge in [-0.05, 0) is 37.5 Å². The van der Waals surface area contributed by atoms with E-state index in [-0.39, 0.29) is 6.04 Å². The van der Waals surface area contributed by atoms with Crippen LogP contribution >= 0.6 is 11.6 Å². The predicted octanol–water partition coefficient (Wildman–Crippen LogP) is 4.25. The number of amides is 1. The fraction of sp³-hybridized carbons (Fsp3) is 0.429. The summed E-state index contributed by atoms with van der Waals surface area (Å²) in [5.41, 5.74) is 8.87. The highest BCUT2D eigenvalue weighted by atomic mass is 35.5. The van der Waals surface area contributed by atoms with Gasteiger partial charge in [0, 0.05) is 35.6 Å². The second-order valence-electron chi connectivity index (χ2n) is 7.68. The highest BCUT2D eigenvalue weighted by molar-refractivity contribution is 6.31. The zero-order valence-corrected chi connectivity index (χ0v) is 17.8. The second kappa shape index (κ2) is 9.64. The SMILES string of the molecule is C/C(=C\C(=C/N)N[C@@H]1CCCC[C@@H]1C(=O)NCC(F)(F)F)c1c[nH]c2ncc(Cl)cc12. The van der Waals surface area contributed by atoms with Crippen LogP contribution in [0.25, 0.3) is 16.6 Å². The molecule has 1 aliphatic carbocycles. The first-order valence-electron chi connectivity index (χ1n) is 10.0. The number of H-pyrrole nitrogens is 1. The third kappa shape index (κ3) is 5.94. The summed E-state index contributed by atoms with van der Waals surface area (Å²) in [4.78, 5) is 19.7. The first-order chi connectivity index (χ1) is 14.7. The topological polar surface area (TPSA) is 95.8 Å². The first kappa shape index (κ1) is 23.0. The van der Waals surface area contributed by atoms with Crippen LogP contribution in [0.1, 0.15) is 38.2 Å². The Morgan fingerprint density at radius 1 is 1.39 bits per heavy atom. The number of aromatic nitrogens is 2. The maximum Gasteiger partial charge on any atom is 0.405 e. The maximum atomic E-state index is 12.5. The van der Waals surface area contributed by atoms with Gasteiger partial charge in [-0.15, -0.1) is 0 Å². The van der Waals surface area contributed by atoms with E-state index in [2.05, 4.69) is 15.3 Å². The number of alkyl halides is 3. The van der Waals surface area contributed by atoms with E-state index in [0.717, 1.165) is 29.4 Å². The molecule has 0 aliphatic heterocycles. The molecule has 0 bridgehead atoms. The molecule has 2 atom stereocenters. The van der Waals surface area contributed by atoms with Gasteiger partial charge in [0.2, 0.25) is 5.91 Å². The number of aromatic amines is 1. The predicted molar refractivity (Wildman–Crippen MR) is 115 cm³/mol. The van der Waals surface area contributed by atoms with Crippen molar-refractivity contribution in [1.82, 2.24) is 20.6 Å². The van der Waals surface area contributed by atoms with Crippen LogP contribution < -0.4 is 16.4 Å². The molecular weight excluding hydrogens is 431 g/mol. The minimum absolute atomic E-state index is 0.306. The summed E-state index contributed by atoms with van der Waals surface area (Å²) >= 11 is 6.07. The summed E-state index contributed by atoms with van der Waals surface area (Å²) < 4.78 is 37.4. The molecule has 0 radical (unpaired) electrons. The van der Waals surface area contributed by atoms with Crippen molar-refractivity contribution in [2.24, 2.45) is 11.7 Å². The normalized spacial score (nSPS) is 20.7. The van der Waals surface area contributed by atoms with Gasteiger partial charge in [-0.25, -0.2) is 4.98 Å². The largest absolute Gasteiger partial charge is 0.405 e. The van der Waals surface area contributed by atoms with Gasteiger partial charge in [-0.1, -0.05) is 24.4 Å². The van der Waals surface area contributed by atoms with E-state index < -0.39 is 24.5 Å². The highest BCUT2D eigenvalue weighted by Crippen LogP contribution is 2.28. The summed E-state index contributed by atoms with van der Waals surface area (Å²) in [6, 6.07) is 1.51. The molecular formula is C21H25ClF3N5O. The molecule has 0 unspecified atom stereocenters. The molecule has 31 heavy (non-hydrogen) atoms. The quantitative estimate of drug-likeness (QED) is 0.490. The number of carbonyl (C=O) groups excluding carboxylic acids is 1. The van der Waals surface area contributed by atoms with Crippen LogP contribution in [0.15, 0.2) is 36.4 Å². The number of rotatable bonds is 6. The van der Waals surface area contributed by atoms with Crippen LogP contribution in [0.3, 0.4) is 0 Å². The third-order valence-electron chi connectivity index (χ3n) is 5.39. The minimum Gasteiger partial charge on any atom is -0.403 e. The fourth-order valence-corrected chi connectivity index (χ4v) is 4.06. The Kier molecular flexibility index (Phi) is 7.15. The Balaban J connectivity index is 1.75. The van der Waals surface area contributed by atoms with Crippen LogP contribution in [0.4, 0.5) is 13.2 Å². The first-order valence-corrected chi connectivity index (χ1v) is 10.4. The Labute approximate surface area is 183 Å². The fourth-order valence-electron chi connectivity index (χ4n) is 3.90. The number of nitrogens with two attached hydrogens (primary N) is 1. The molecule has 1 amide bonds. The van der Waals surface area contributed by atoms with E-state index in [9.17, 15) is 18.0 Å². The smallest absolute Gasteiger partial charge is 0.403 e. The lowest BCUT2D eigenvalue weighted by atomic mass is 9.83. The second-order valence-corrected chi connectivity index (χ2v) is 8.11. The molecule has 10 heteroatoms. The molecule has 1 saturated carbocycles. The average Bonchev–Trinajstić information content (AvgIpc) is 3.14. The molecule has 2 heterocycles. The van der Waals surface area contributed by atoms with E-state index in [0.29, 0.717) is 29.2 Å². The lowest BCUT2D eigenvalue weighted by Gasteiger charge is -2.32. The number of fused-ring (bicyclic) bond motifs is 1. The zero-order valence-electron chi connectivity index (χ0n) is 17.0. The molecule has 1 aliphatic rings. The molecule has 0 spiro atoms. The highest BCUT2D eigenvalue weighted by Gasteiger charge is 2.34. The van der Waals surface area contributed by atoms with Crippen molar-refractivity contribution in [2.75, 3.05) is 6.54 Å². The number of nitrogens with zero attached hydrogens (tertiary/aromatic N) is 1. The molecule has 6 nitrogen and oxygen atoms in total. The standard InChI is InChI=1S/C21H25ClF3N5O/c1-12(17-10-28-19-16(17)7-13(22)9-27-19)6-14(8-26)30-18-5-3-2-4-15(18)20(31)29-11-21(23,24)25/h6-10,15,18,30H,2-5,11,26H2,1H3,(H,27,28)(H,29,31)/b12-6+,14-8+/t15-,18+/m0/s1. The summed E-state index contributed by atoms with van der Waals surface area (Å²) in [6.45, 7) is 0.577. The van der Waals surface area contributed by atoms with Crippen molar-refractivity contribution in [3.63, 3.8) is 0 Å². The zero-order chi connectivity index (χ0) is 22.6. The molecule has 3 rings (SSSR count). The molecule has 0 saturated heterocycles. The number of nitrogens with one attached hydrogen (secondary N) is 3. The molecule has 5 N–H and O–H groups in total. The van der Waals surface area contributed by atoms with E-state index in [1.54, 1.807) is 6.20 Å². The number of carbonyl (C=O) groups is 1. The third-order valence-corrected chi connectivity index (χ3v) is 5.60. The summed E-state index contributed by atoms with van der Waals surface area (Å²) in [5.74, 6) is -1.15. The van der Waals surface area contributed by atoms with Gasteiger partial charge in [-0.3, -0.25) is 4.79 Å². The van der Waals surface area contributed by atoms with E-state index >= 15 is 0 Å². The van der Waals surface area contributed by atoms with Crippen molar-refractivity contribution in [3.05, 3.63) is 47.0 Å². The summed E-state index contributed by atoms with van der Waals surface area (Å²) in [7, 11) is 0. The van der Waals surface area contributed by atoms with Crippen molar-refractivity contribution in [3.8, 4) is 0 Å². The monoisotopic (exact) mass is 455 g/mol. The number of pyridine rings is 1. The Morgan fingerprint density at radius 3 is 2.84 bits per heavy atom. The van der Waals surface area contributed by atoms with Crippen LogP contribution in [0.5, 0.6) is 0 Å². The van der Waals surface area contributed by atoms with E-state index in [1.807, 2.05) is 30.6 Å². The van der Waals surface area contributed by atoms with Gasteiger partial charge in [0.1, 0.15) is 12.2 Å². The Hall–Kier alpha value is -2.68. The van der Waals surface area contributed by atoms with Crippen molar-refractivity contribution >= 4 is 34.1 Å². The number of halogens is 4. The summed E-state index contributed by atoms with van der Waals surface area (Å²) in [6.07, 6.45) is 5.04. The average molecular weight is 456 g/mol. The van der Waals surface area contributed by atoms with Crippen molar-refractivity contribution in [1.29, 1.82) is 0 Å². The molecule has 168 valence electrons. The lowest BCUT2D eigenvalue weighted by molar-refractivity contribution is -0.141. The van der Waals surface area contributed by atoms with Crippen LogP contribution in [-0.4, -0.2) is 34.6 Å². The number of hydrogen-bond donors (Lipinski definition) is 4.